The predicted octanol–water partition coefficient (Wildman–Crippen LogP) is 4.34. The highest BCUT2D eigenvalue weighted by atomic mass is 16.5. The molecule has 2 aromatic carbocycles. The molecule has 4 aromatic rings. The maximum Gasteiger partial charge on any atom is 0.290 e. The van der Waals surface area contributed by atoms with E-state index in [-0.39, 0.29) is 12.4 Å². The second-order valence-electron chi connectivity index (χ2n) is 6.39. The molecule has 1 amide bonds. The van der Waals surface area contributed by atoms with Gasteiger partial charge in [-0.15, -0.1) is 0 Å². The molecule has 0 aliphatic carbocycles. The van der Waals surface area contributed by atoms with Crippen LogP contribution in [0.4, 0.5) is 5.69 Å². The number of carboxylic acid groups (broad SMARTS) is 1. The summed E-state index contributed by atoms with van der Waals surface area (Å²) >= 11 is 0. The van der Waals surface area contributed by atoms with E-state index in [9.17, 15) is 4.79 Å². The standard InChI is InChI=1S/C22H19N3O2.CH2O2/c1-15(26)24-19-5-3-4-17(12-19)21-13-23-22-11-8-18(14-25(21)22)16-6-9-20(27-2)10-7-16;2-1-3/h3-14H,1-2H3,(H,24,26);1H,(H,2,3). The van der Waals surface area contributed by atoms with Crippen molar-refractivity contribution in [2.75, 3.05) is 12.4 Å². The van der Waals surface area contributed by atoms with Gasteiger partial charge in [0.2, 0.25) is 5.91 Å². The lowest BCUT2D eigenvalue weighted by Gasteiger charge is -2.08. The van der Waals surface area contributed by atoms with Crippen molar-refractivity contribution in [2.24, 2.45) is 0 Å². The van der Waals surface area contributed by atoms with Gasteiger partial charge in [0.1, 0.15) is 11.4 Å². The Bertz CT molecular complexity index is 1170. The zero-order chi connectivity index (χ0) is 21.5. The number of imidazole rings is 1. The van der Waals surface area contributed by atoms with Crippen molar-refractivity contribution in [1.82, 2.24) is 9.38 Å². The number of carbonyl (C=O) groups excluding carboxylic acids is 1. The molecule has 0 saturated heterocycles. The van der Waals surface area contributed by atoms with Crippen molar-refractivity contribution in [1.29, 1.82) is 0 Å². The summed E-state index contributed by atoms with van der Waals surface area (Å²) in [5, 5.41) is 9.71. The van der Waals surface area contributed by atoms with Gasteiger partial charge in [0.15, 0.2) is 0 Å². The van der Waals surface area contributed by atoms with Crippen LogP contribution in [0.3, 0.4) is 0 Å². The summed E-state index contributed by atoms with van der Waals surface area (Å²) in [4.78, 5) is 24.2. The molecule has 0 unspecified atom stereocenters. The zero-order valence-electron chi connectivity index (χ0n) is 16.6. The molecule has 0 fully saturated rings. The van der Waals surface area contributed by atoms with E-state index in [2.05, 4.69) is 27.0 Å². The second-order valence-corrected chi connectivity index (χ2v) is 6.39. The molecule has 7 nitrogen and oxygen atoms in total. The summed E-state index contributed by atoms with van der Waals surface area (Å²) in [6.45, 7) is 1.25. The number of fused-ring (bicyclic) bond motifs is 1. The lowest BCUT2D eigenvalue weighted by atomic mass is 10.1. The first-order chi connectivity index (χ1) is 14.5. The molecule has 2 aromatic heterocycles. The van der Waals surface area contributed by atoms with Gasteiger partial charge < -0.3 is 15.2 Å². The largest absolute Gasteiger partial charge is 0.497 e. The molecule has 152 valence electrons. The van der Waals surface area contributed by atoms with Gasteiger partial charge in [0.05, 0.1) is 19.0 Å². The minimum Gasteiger partial charge on any atom is -0.497 e. The maximum absolute atomic E-state index is 11.3. The van der Waals surface area contributed by atoms with Crippen molar-refractivity contribution < 1.29 is 19.4 Å². The van der Waals surface area contributed by atoms with Crippen LogP contribution >= 0.6 is 0 Å². The minimum atomic E-state index is -0.250. The summed E-state index contributed by atoms with van der Waals surface area (Å²) < 4.78 is 7.30. The molecule has 2 heterocycles. The topological polar surface area (TPSA) is 92.9 Å². The number of amides is 1. The third-order valence-electron chi connectivity index (χ3n) is 4.41. The van der Waals surface area contributed by atoms with Gasteiger partial charge in [-0.3, -0.25) is 14.0 Å². The number of hydrogen-bond donors (Lipinski definition) is 2. The van der Waals surface area contributed by atoms with Gasteiger partial charge >= 0.3 is 0 Å². The van der Waals surface area contributed by atoms with E-state index in [1.165, 1.54) is 6.92 Å². The molecular formula is C23H21N3O4. The average Bonchev–Trinajstić information content (AvgIpc) is 3.17. The van der Waals surface area contributed by atoms with Crippen LogP contribution in [0.25, 0.3) is 28.0 Å². The van der Waals surface area contributed by atoms with E-state index in [4.69, 9.17) is 14.6 Å². The van der Waals surface area contributed by atoms with Crippen molar-refractivity contribution in [2.45, 2.75) is 6.92 Å². The molecular weight excluding hydrogens is 382 g/mol. The zero-order valence-corrected chi connectivity index (χ0v) is 16.6. The van der Waals surface area contributed by atoms with Gasteiger partial charge in [-0.25, -0.2) is 4.98 Å². The number of ether oxygens (including phenoxy) is 1. The van der Waals surface area contributed by atoms with Crippen LogP contribution in [0.15, 0.2) is 73.1 Å². The van der Waals surface area contributed by atoms with Crippen LogP contribution in [0.1, 0.15) is 6.92 Å². The fraction of sp³-hybridized carbons (Fsp3) is 0.0870. The van der Waals surface area contributed by atoms with Crippen LogP contribution in [-0.4, -0.2) is 34.0 Å². The van der Waals surface area contributed by atoms with Crippen LogP contribution < -0.4 is 10.1 Å². The number of carbonyl (C=O) groups is 2. The average molecular weight is 403 g/mol. The highest BCUT2D eigenvalue weighted by Gasteiger charge is 2.09. The van der Waals surface area contributed by atoms with Gasteiger partial charge in [0.25, 0.3) is 6.47 Å². The Kier molecular flexibility index (Phi) is 6.44. The number of nitrogens with zero attached hydrogens (tertiary/aromatic N) is 2. The number of pyridine rings is 1. The van der Waals surface area contributed by atoms with Crippen LogP contribution in [0, 0.1) is 0 Å². The Morgan fingerprint density at radius 1 is 1.07 bits per heavy atom. The molecule has 0 bridgehead atoms. The number of nitrogens with one attached hydrogen (secondary N) is 1. The van der Waals surface area contributed by atoms with E-state index < -0.39 is 0 Å². The molecule has 0 atom stereocenters. The van der Waals surface area contributed by atoms with E-state index in [0.717, 1.165) is 39.5 Å². The van der Waals surface area contributed by atoms with Crippen LogP contribution in [0.5, 0.6) is 5.75 Å². The monoisotopic (exact) mass is 403 g/mol. The van der Waals surface area contributed by atoms with E-state index in [0.29, 0.717) is 0 Å². The van der Waals surface area contributed by atoms with Crippen LogP contribution in [-0.2, 0) is 9.59 Å². The minimum absolute atomic E-state index is 0.0907. The van der Waals surface area contributed by atoms with Crippen LogP contribution in [0.2, 0.25) is 0 Å². The van der Waals surface area contributed by atoms with E-state index in [1.54, 1.807) is 7.11 Å². The summed E-state index contributed by atoms with van der Waals surface area (Å²) in [7, 11) is 1.66. The highest BCUT2D eigenvalue weighted by Crippen LogP contribution is 2.27. The number of aromatic nitrogens is 2. The van der Waals surface area contributed by atoms with Crippen molar-refractivity contribution in [3.8, 4) is 28.1 Å². The predicted molar refractivity (Wildman–Crippen MR) is 116 cm³/mol. The normalized spacial score (nSPS) is 10.1. The third kappa shape index (κ3) is 4.64. The van der Waals surface area contributed by atoms with Gasteiger partial charge in [-0.1, -0.05) is 24.3 Å². The fourth-order valence-corrected chi connectivity index (χ4v) is 3.11. The molecule has 0 aliphatic heterocycles. The van der Waals surface area contributed by atoms with E-state index in [1.807, 2.05) is 60.8 Å². The lowest BCUT2D eigenvalue weighted by Crippen LogP contribution is -2.05. The van der Waals surface area contributed by atoms with Crippen molar-refractivity contribution >= 4 is 23.7 Å². The smallest absolute Gasteiger partial charge is 0.290 e. The first-order valence-corrected chi connectivity index (χ1v) is 9.13. The Hall–Kier alpha value is -4.13. The number of anilines is 1. The Morgan fingerprint density at radius 3 is 2.43 bits per heavy atom. The maximum atomic E-state index is 11.3. The van der Waals surface area contributed by atoms with E-state index >= 15 is 0 Å². The molecule has 4 rings (SSSR count). The van der Waals surface area contributed by atoms with Gasteiger partial charge in [-0.05, 0) is 47.5 Å². The first kappa shape index (κ1) is 20.6. The summed E-state index contributed by atoms with van der Waals surface area (Å²) in [5.74, 6) is 0.741. The Morgan fingerprint density at radius 2 is 1.77 bits per heavy atom. The molecule has 7 heteroatoms. The number of hydrogen-bond acceptors (Lipinski definition) is 4. The number of rotatable bonds is 4. The summed E-state index contributed by atoms with van der Waals surface area (Å²) in [6.07, 6.45) is 3.92. The summed E-state index contributed by atoms with van der Waals surface area (Å²) in [5.41, 5.74) is 5.77. The number of methoxy groups -OCH3 is 1. The highest BCUT2D eigenvalue weighted by molar-refractivity contribution is 5.89. The van der Waals surface area contributed by atoms with Crippen molar-refractivity contribution in [3.63, 3.8) is 0 Å². The quantitative estimate of drug-likeness (QED) is 0.495. The molecule has 0 saturated carbocycles. The lowest BCUT2D eigenvalue weighted by molar-refractivity contribution is -0.123. The van der Waals surface area contributed by atoms with Crippen molar-refractivity contribution in [3.05, 3.63) is 73.1 Å². The van der Waals surface area contributed by atoms with Gasteiger partial charge in [-0.2, -0.15) is 0 Å². The SMILES string of the molecule is COc1ccc(-c2ccc3ncc(-c4cccc(NC(C)=O)c4)n3c2)cc1.O=CO. The summed E-state index contributed by atoms with van der Waals surface area (Å²) in [6, 6.07) is 19.8. The van der Waals surface area contributed by atoms with Gasteiger partial charge in [0, 0.05) is 24.4 Å². The first-order valence-electron chi connectivity index (χ1n) is 9.13. The third-order valence-corrected chi connectivity index (χ3v) is 4.41. The molecule has 0 spiro atoms. The molecule has 0 radical (unpaired) electrons. The second kappa shape index (κ2) is 9.38. The molecule has 0 aliphatic rings. The fourth-order valence-electron chi connectivity index (χ4n) is 3.11. The number of benzene rings is 2. The Labute approximate surface area is 173 Å². The molecule has 30 heavy (non-hydrogen) atoms. The Balaban J connectivity index is 0.000000806. The molecule has 2 N–H and O–H groups in total.